The predicted molar refractivity (Wildman–Crippen MR) is 89.9 cm³/mol. The van der Waals surface area contributed by atoms with Gasteiger partial charge in [-0.1, -0.05) is 72.8 Å². The molecule has 0 bridgehead atoms. The average molecular weight is 287 g/mol. The van der Waals surface area contributed by atoms with Gasteiger partial charge in [0.05, 0.1) is 5.92 Å². The second kappa shape index (κ2) is 6.27. The van der Waals surface area contributed by atoms with Crippen molar-refractivity contribution in [3.8, 4) is 0 Å². The summed E-state index contributed by atoms with van der Waals surface area (Å²) in [5, 5.41) is 0. The Balaban J connectivity index is 2.08. The second-order valence-electron chi connectivity index (χ2n) is 5.24. The largest absolute Gasteiger partial charge is 0.399 e. The fraction of sp³-hybridized carbons (Fsp3) is 0.0500. The van der Waals surface area contributed by atoms with E-state index < -0.39 is 0 Å². The number of ketones is 1. The van der Waals surface area contributed by atoms with Gasteiger partial charge in [-0.3, -0.25) is 4.79 Å². The van der Waals surface area contributed by atoms with Crippen LogP contribution < -0.4 is 5.73 Å². The van der Waals surface area contributed by atoms with E-state index in [1.165, 1.54) is 0 Å². The van der Waals surface area contributed by atoms with Crippen LogP contribution in [0.1, 0.15) is 27.4 Å². The van der Waals surface area contributed by atoms with Crippen molar-refractivity contribution in [2.75, 3.05) is 5.73 Å². The highest BCUT2D eigenvalue weighted by atomic mass is 16.1. The first-order chi connectivity index (χ1) is 10.8. The zero-order chi connectivity index (χ0) is 15.4. The Bertz CT molecular complexity index is 726. The lowest BCUT2D eigenvalue weighted by atomic mass is 9.85. The van der Waals surface area contributed by atoms with E-state index in [1.807, 2.05) is 72.8 Å². The molecular formula is C20H17NO. The van der Waals surface area contributed by atoms with Crippen LogP contribution in [0.15, 0.2) is 84.9 Å². The minimum Gasteiger partial charge on any atom is -0.399 e. The number of nitrogens with two attached hydrogens (primary N) is 1. The smallest absolute Gasteiger partial charge is 0.174 e. The van der Waals surface area contributed by atoms with E-state index in [4.69, 9.17) is 5.73 Å². The third-order valence-electron chi connectivity index (χ3n) is 3.70. The van der Waals surface area contributed by atoms with Crippen molar-refractivity contribution in [2.24, 2.45) is 0 Å². The summed E-state index contributed by atoms with van der Waals surface area (Å²) in [6.45, 7) is 0. The number of anilines is 1. The zero-order valence-electron chi connectivity index (χ0n) is 12.1. The van der Waals surface area contributed by atoms with E-state index in [9.17, 15) is 4.79 Å². The van der Waals surface area contributed by atoms with Crippen LogP contribution in [-0.4, -0.2) is 5.78 Å². The van der Waals surface area contributed by atoms with Crippen molar-refractivity contribution >= 4 is 11.5 Å². The van der Waals surface area contributed by atoms with Crippen LogP contribution in [0.2, 0.25) is 0 Å². The fourth-order valence-corrected chi connectivity index (χ4v) is 2.64. The molecule has 0 aliphatic heterocycles. The molecule has 0 saturated carbocycles. The van der Waals surface area contributed by atoms with Gasteiger partial charge in [-0.2, -0.15) is 0 Å². The van der Waals surface area contributed by atoms with Gasteiger partial charge in [0.15, 0.2) is 5.78 Å². The van der Waals surface area contributed by atoms with E-state index in [1.54, 1.807) is 12.1 Å². The van der Waals surface area contributed by atoms with Gasteiger partial charge in [-0.25, -0.2) is 0 Å². The van der Waals surface area contributed by atoms with Gasteiger partial charge in [0.2, 0.25) is 0 Å². The van der Waals surface area contributed by atoms with Crippen molar-refractivity contribution in [3.63, 3.8) is 0 Å². The van der Waals surface area contributed by atoms with Crippen molar-refractivity contribution in [1.82, 2.24) is 0 Å². The highest BCUT2D eigenvalue weighted by Gasteiger charge is 2.23. The number of nitrogen functional groups attached to an aromatic ring is 1. The number of benzene rings is 3. The predicted octanol–water partition coefficient (Wildman–Crippen LogP) is 4.28. The minimum absolute atomic E-state index is 0.0599. The Labute approximate surface area is 130 Å². The molecule has 0 amide bonds. The first kappa shape index (κ1) is 14.1. The first-order valence-electron chi connectivity index (χ1n) is 7.25. The molecule has 0 heterocycles. The number of carbonyl (C=O) groups is 1. The third-order valence-corrected chi connectivity index (χ3v) is 3.70. The number of hydrogen-bond donors (Lipinski definition) is 1. The van der Waals surface area contributed by atoms with Crippen molar-refractivity contribution in [3.05, 3.63) is 102 Å². The molecule has 0 aliphatic rings. The Morgan fingerprint density at radius 1 is 0.727 bits per heavy atom. The number of hydrogen-bond acceptors (Lipinski definition) is 2. The highest BCUT2D eigenvalue weighted by Crippen LogP contribution is 2.28. The third kappa shape index (κ3) is 2.91. The van der Waals surface area contributed by atoms with Gasteiger partial charge in [-0.05, 0) is 23.3 Å². The molecule has 0 spiro atoms. The number of carbonyl (C=O) groups excluding carboxylic acids is 1. The van der Waals surface area contributed by atoms with E-state index >= 15 is 0 Å². The molecule has 2 nitrogen and oxygen atoms in total. The summed E-state index contributed by atoms with van der Waals surface area (Å²) >= 11 is 0. The minimum atomic E-state index is -0.316. The van der Waals surface area contributed by atoms with Crippen molar-refractivity contribution < 1.29 is 4.79 Å². The quantitative estimate of drug-likeness (QED) is 0.575. The monoisotopic (exact) mass is 287 g/mol. The van der Waals surface area contributed by atoms with Gasteiger partial charge in [0, 0.05) is 11.3 Å². The molecule has 22 heavy (non-hydrogen) atoms. The molecular weight excluding hydrogens is 270 g/mol. The molecule has 3 aromatic rings. The van der Waals surface area contributed by atoms with Crippen LogP contribution in [0.3, 0.4) is 0 Å². The standard InChI is InChI=1S/C20H17NO/c21-18-13-7-12-17(14-18)20(22)19(15-8-3-1-4-9-15)16-10-5-2-6-11-16/h1-14,19H,21H2. The van der Waals surface area contributed by atoms with Gasteiger partial charge in [0.25, 0.3) is 0 Å². The van der Waals surface area contributed by atoms with Crippen molar-refractivity contribution in [2.45, 2.75) is 5.92 Å². The first-order valence-corrected chi connectivity index (χ1v) is 7.25. The Hall–Kier alpha value is -2.87. The average Bonchev–Trinajstić information content (AvgIpc) is 2.57. The lowest BCUT2D eigenvalue weighted by Gasteiger charge is -2.17. The molecule has 2 N–H and O–H groups in total. The Morgan fingerprint density at radius 3 is 1.77 bits per heavy atom. The summed E-state index contributed by atoms with van der Waals surface area (Å²) < 4.78 is 0. The topological polar surface area (TPSA) is 43.1 Å². The maximum atomic E-state index is 13.0. The summed E-state index contributed by atoms with van der Waals surface area (Å²) in [6.07, 6.45) is 0. The molecule has 3 rings (SSSR count). The van der Waals surface area contributed by atoms with E-state index in [-0.39, 0.29) is 11.7 Å². The maximum absolute atomic E-state index is 13.0. The van der Waals surface area contributed by atoms with E-state index in [0.29, 0.717) is 11.3 Å². The fourth-order valence-electron chi connectivity index (χ4n) is 2.64. The number of rotatable bonds is 4. The van der Waals surface area contributed by atoms with Gasteiger partial charge >= 0.3 is 0 Å². The van der Waals surface area contributed by atoms with Crippen LogP contribution in [0, 0.1) is 0 Å². The molecule has 0 aromatic heterocycles. The summed E-state index contributed by atoms with van der Waals surface area (Å²) in [7, 11) is 0. The molecule has 108 valence electrons. The molecule has 0 saturated heterocycles. The van der Waals surface area contributed by atoms with Gasteiger partial charge in [0.1, 0.15) is 0 Å². The molecule has 0 aliphatic carbocycles. The molecule has 0 fully saturated rings. The summed E-state index contributed by atoms with van der Waals surface area (Å²) in [5.74, 6) is -0.256. The molecule has 0 unspecified atom stereocenters. The van der Waals surface area contributed by atoms with Crippen LogP contribution in [0.25, 0.3) is 0 Å². The SMILES string of the molecule is Nc1cccc(C(=O)C(c2ccccc2)c2ccccc2)c1. The summed E-state index contributed by atoms with van der Waals surface area (Å²) in [4.78, 5) is 13.0. The maximum Gasteiger partial charge on any atom is 0.174 e. The normalized spacial score (nSPS) is 10.6. The van der Waals surface area contributed by atoms with Crippen molar-refractivity contribution in [1.29, 1.82) is 0 Å². The Kier molecular flexibility index (Phi) is 4.01. The van der Waals surface area contributed by atoms with Gasteiger partial charge < -0.3 is 5.73 Å². The summed E-state index contributed by atoms with van der Waals surface area (Å²) in [6, 6.07) is 26.8. The number of Topliss-reactive ketones (excluding diaryl/α,β-unsaturated/α-hetero) is 1. The van der Waals surface area contributed by atoms with Crippen LogP contribution in [0.4, 0.5) is 5.69 Å². The van der Waals surface area contributed by atoms with E-state index in [0.717, 1.165) is 11.1 Å². The highest BCUT2D eigenvalue weighted by molar-refractivity contribution is 6.03. The van der Waals surface area contributed by atoms with E-state index in [2.05, 4.69) is 0 Å². The molecule has 0 radical (unpaired) electrons. The summed E-state index contributed by atoms with van der Waals surface area (Å²) in [5.41, 5.74) is 9.04. The molecule has 2 heteroatoms. The lowest BCUT2D eigenvalue weighted by molar-refractivity contribution is 0.0974. The lowest BCUT2D eigenvalue weighted by Crippen LogP contribution is -2.14. The molecule has 3 aromatic carbocycles. The van der Waals surface area contributed by atoms with Gasteiger partial charge in [-0.15, -0.1) is 0 Å². The van der Waals surface area contributed by atoms with Crippen LogP contribution >= 0.6 is 0 Å². The Morgan fingerprint density at radius 2 is 1.27 bits per heavy atom. The molecule has 0 atom stereocenters. The van der Waals surface area contributed by atoms with Crippen LogP contribution in [0.5, 0.6) is 0 Å². The van der Waals surface area contributed by atoms with Crippen LogP contribution in [-0.2, 0) is 0 Å². The second-order valence-corrected chi connectivity index (χ2v) is 5.24. The zero-order valence-corrected chi connectivity index (χ0v) is 12.1.